The Kier molecular flexibility index (Phi) is 4.93. The molecule has 0 heterocycles. The fourth-order valence-electron chi connectivity index (χ4n) is 5.83. The quantitative estimate of drug-likeness (QED) is 0.695. The second-order valence-electron chi connectivity index (χ2n) is 9.22. The minimum absolute atomic E-state index is 0.249. The summed E-state index contributed by atoms with van der Waals surface area (Å²) in [7, 11) is 0. The predicted molar refractivity (Wildman–Crippen MR) is 102 cm³/mol. The van der Waals surface area contributed by atoms with Gasteiger partial charge in [-0.3, -0.25) is 0 Å². The van der Waals surface area contributed by atoms with E-state index in [-0.39, 0.29) is 6.10 Å². The summed E-state index contributed by atoms with van der Waals surface area (Å²) in [6, 6.07) is 10.4. The van der Waals surface area contributed by atoms with Crippen molar-refractivity contribution in [3.8, 4) is 0 Å². The topological polar surface area (TPSA) is 20.2 Å². The van der Waals surface area contributed by atoms with E-state index in [4.69, 9.17) is 0 Å². The molecule has 1 heteroatoms. The maximum atomic E-state index is 10.8. The van der Waals surface area contributed by atoms with Gasteiger partial charge in [-0.05, 0) is 67.3 Å². The highest BCUT2D eigenvalue weighted by Gasteiger charge is 2.51. The van der Waals surface area contributed by atoms with Gasteiger partial charge in [-0.25, -0.2) is 0 Å². The van der Waals surface area contributed by atoms with Gasteiger partial charge in [-0.15, -0.1) is 0 Å². The van der Waals surface area contributed by atoms with E-state index in [2.05, 4.69) is 58.0 Å². The molecule has 1 aromatic carbocycles. The Morgan fingerprint density at radius 3 is 2.54 bits per heavy atom. The number of benzene rings is 1. The average Bonchev–Trinajstić information content (AvgIpc) is 2.51. The summed E-state index contributed by atoms with van der Waals surface area (Å²) in [4.78, 5) is 0. The van der Waals surface area contributed by atoms with Crippen molar-refractivity contribution in [1.29, 1.82) is 0 Å². The Hall–Kier alpha value is -1.08. The SMILES string of the molecule is CC1=CC[C@H]2C(C)(C)CCC[C@]2(C)[C@H]1CC(O)Cc1ccccc1. The van der Waals surface area contributed by atoms with Crippen LogP contribution in [0.1, 0.15) is 65.4 Å². The van der Waals surface area contributed by atoms with Gasteiger partial charge in [0.15, 0.2) is 0 Å². The number of hydrogen-bond donors (Lipinski definition) is 1. The van der Waals surface area contributed by atoms with Crippen molar-refractivity contribution in [3.05, 3.63) is 47.5 Å². The van der Waals surface area contributed by atoms with Crippen molar-refractivity contribution in [2.75, 3.05) is 0 Å². The van der Waals surface area contributed by atoms with Crippen LogP contribution in [-0.4, -0.2) is 11.2 Å². The fourth-order valence-corrected chi connectivity index (χ4v) is 5.83. The highest BCUT2D eigenvalue weighted by atomic mass is 16.3. The maximum absolute atomic E-state index is 10.8. The highest BCUT2D eigenvalue weighted by Crippen LogP contribution is 2.60. The molecule has 0 aliphatic heterocycles. The van der Waals surface area contributed by atoms with E-state index in [1.165, 1.54) is 36.8 Å². The lowest BCUT2D eigenvalue weighted by molar-refractivity contribution is -0.0493. The highest BCUT2D eigenvalue weighted by molar-refractivity contribution is 5.20. The van der Waals surface area contributed by atoms with Crippen LogP contribution in [0.5, 0.6) is 0 Å². The molecule has 3 rings (SSSR count). The predicted octanol–water partition coefficient (Wildman–Crippen LogP) is 5.78. The second kappa shape index (κ2) is 6.67. The Labute approximate surface area is 148 Å². The first kappa shape index (κ1) is 17.7. The molecular weight excluding hydrogens is 292 g/mol. The molecule has 0 amide bonds. The minimum Gasteiger partial charge on any atom is -0.393 e. The van der Waals surface area contributed by atoms with Crippen molar-refractivity contribution in [2.45, 2.75) is 72.3 Å². The lowest BCUT2D eigenvalue weighted by Gasteiger charge is -2.57. The zero-order valence-corrected chi connectivity index (χ0v) is 15.9. The van der Waals surface area contributed by atoms with E-state index in [1.807, 2.05) is 6.07 Å². The summed E-state index contributed by atoms with van der Waals surface area (Å²) >= 11 is 0. The first-order valence-corrected chi connectivity index (χ1v) is 9.71. The van der Waals surface area contributed by atoms with Gasteiger partial charge in [0, 0.05) is 0 Å². The van der Waals surface area contributed by atoms with Gasteiger partial charge < -0.3 is 5.11 Å². The number of fused-ring (bicyclic) bond motifs is 1. The van der Waals surface area contributed by atoms with Crippen LogP contribution in [0.3, 0.4) is 0 Å². The average molecular weight is 327 g/mol. The molecule has 2 aliphatic rings. The van der Waals surface area contributed by atoms with E-state index in [0.29, 0.717) is 16.7 Å². The van der Waals surface area contributed by atoms with Gasteiger partial charge in [-0.1, -0.05) is 69.2 Å². The molecule has 0 saturated heterocycles. The third-order valence-corrected chi connectivity index (χ3v) is 7.12. The van der Waals surface area contributed by atoms with E-state index in [9.17, 15) is 5.11 Å². The molecule has 1 saturated carbocycles. The van der Waals surface area contributed by atoms with Crippen molar-refractivity contribution < 1.29 is 5.11 Å². The molecule has 1 fully saturated rings. The first-order chi connectivity index (χ1) is 11.3. The molecular formula is C23H34O. The molecule has 1 aromatic rings. The Bertz CT molecular complexity index is 585. The van der Waals surface area contributed by atoms with E-state index < -0.39 is 0 Å². The third kappa shape index (κ3) is 3.33. The van der Waals surface area contributed by atoms with Crippen LogP contribution in [0.4, 0.5) is 0 Å². The molecule has 0 radical (unpaired) electrons. The smallest absolute Gasteiger partial charge is 0.0586 e. The van der Waals surface area contributed by atoms with Gasteiger partial charge in [0.2, 0.25) is 0 Å². The normalized spacial score (nSPS) is 33.5. The third-order valence-electron chi connectivity index (χ3n) is 7.12. The van der Waals surface area contributed by atoms with Crippen LogP contribution in [-0.2, 0) is 6.42 Å². The van der Waals surface area contributed by atoms with Gasteiger partial charge in [-0.2, -0.15) is 0 Å². The summed E-state index contributed by atoms with van der Waals surface area (Å²) in [5.74, 6) is 1.27. The lowest BCUT2D eigenvalue weighted by Crippen LogP contribution is -2.49. The number of allylic oxidation sites excluding steroid dienone is 2. The summed E-state index contributed by atoms with van der Waals surface area (Å²) < 4.78 is 0. The Morgan fingerprint density at radius 2 is 1.83 bits per heavy atom. The maximum Gasteiger partial charge on any atom is 0.0586 e. The van der Waals surface area contributed by atoms with Crippen LogP contribution in [0.15, 0.2) is 42.0 Å². The minimum atomic E-state index is -0.249. The van der Waals surface area contributed by atoms with Crippen molar-refractivity contribution in [3.63, 3.8) is 0 Å². The summed E-state index contributed by atoms with van der Waals surface area (Å²) in [6.45, 7) is 9.72. The van der Waals surface area contributed by atoms with E-state index in [0.717, 1.165) is 18.8 Å². The Morgan fingerprint density at radius 1 is 1.12 bits per heavy atom. The van der Waals surface area contributed by atoms with Gasteiger partial charge in [0.25, 0.3) is 0 Å². The number of hydrogen-bond acceptors (Lipinski definition) is 1. The van der Waals surface area contributed by atoms with Crippen LogP contribution < -0.4 is 0 Å². The molecule has 0 bridgehead atoms. The molecule has 1 nitrogen and oxygen atoms in total. The summed E-state index contributed by atoms with van der Waals surface area (Å²) in [5.41, 5.74) is 3.53. The van der Waals surface area contributed by atoms with Gasteiger partial charge in [0.05, 0.1) is 6.10 Å². The van der Waals surface area contributed by atoms with E-state index >= 15 is 0 Å². The van der Waals surface area contributed by atoms with Crippen LogP contribution in [0.25, 0.3) is 0 Å². The van der Waals surface area contributed by atoms with Gasteiger partial charge >= 0.3 is 0 Å². The molecule has 1 unspecified atom stereocenters. The van der Waals surface area contributed by atoms with Crippen molar-refractivity contribution in [2.24, 2.45) is 22.7 Å². The number of aliphatic hydroxyl groups excluding tert-OH is 1. The lowest BCUT2D eigenvalue weighted by atomic mass is 9.48. The largest absolute Gasteiger partial charge is 0.393 e. The van der Waals surface area contributed by atoms with Crippen molar-refractivity contribution in [1.82, 2.24) is 0 Å². The van der Waals surface area contributed by atoms with Crippen molar-refractivity contribution >= 4 is 0 Å². The second-order valence-corrected chi connectivity index (χ2v) is 9.22. The molecule has 1 N–H and O–H groups in total. The number of aliphatic hydroxyl groups is 1. The zero-order chi connectivity index (χ0) is 17.4. The summed E-state index contributed by atoms with van der Waals surface area (Å²) in [5, 5.41) is 10.8. The summed E-state index contributed by atoms with van der Waals surface area (Å²) in [6.07, 6.45) is 9.11. The molecule has 2 aliphatic carbocycles. The molecule has 0 aromatic heterocycles. The monoisotopic (exact) mass is 326 g/mol. The van der Waals surface area contributed by atoms with Crippen LogP contribution in [0.2, 0.25) is 0 Å². The zero-order valence-electron chi connectivity index (χ0n) is 15.9. The van der Waals surface area contributed by atoms with Crippen LogP contribution >= 0.6 is 0 Å². The Balaban J connectivity index is 1.78. The van der Waals surface area contributed by atoms with E-state index in [1.54, 1.807) is 0 Å². The van der Waals surface area contributed by atoms with Gasteiger partial charge in [0.1, 0.15) is 0 Å². The molecule has 0 spiro atoms. The standard InChI is InChI=1S/C23H34O/c1-17-11-12-21-22(2,3)13-8-14-23(21,4)20(17)16-19(24)15-18-9-6-5-7-10-18/h5-7,9-11,19-21,24H,8,12-16H2,1-4H3/t19?,20-,21-,23+/m0/s1. The molecule has 4 atom stereocenters. The van der Waals surface area contributed by atoms with Crippen LogP contribution in [0, 0.1) is 22.7 Å². The first-order valence-electron chi connectivity index (χ1n) is 9.71. The molecule has 132 valence electrons. The number of rotatable bonds is 4. The fraction of sp³-hybridized carbons (Fsp3) is 0.652. The molecule has 24 heavy (non-hydrogen) atoms.